The normalized spacial score (nSPS) is 10.2. The van der Waals surface area contributed by atoms with Gasteiger partial charge in [0.1, 0.15) is 0 Å². The summed E-state index contributed by atoms with van der Waals surface area (Å²) >= 11 is 0. The zero-order chi connectivity index (χ0) is 10.2. The molecule has 0 N–H and O–H groups in total. The van der Waals surface area contributed by atoms with E-state index in [0.29, 0.717) is 0 Å². The van der Waals surface area contributed by atoms with Gasteiger partial charge in [0.15, 0.2) is 5.79 Å². The second-order valence-electron chi connectivity index (χ2n) is 2.96. The van der Waals surface area contributed by atoms with Crippen LogP contribution in [0.1, 0.15) is 13.8 Å². The van der Waals surface area contributed by atoms with Crippen LogP contribution in [-0.2, 0) is 9.47 Å². The van der Waals surface area contributed by atoms with Gasteiger partial charge in [-0.2, -0.15) is 0 Å². The summed E-state index contributed by atoms with van der Waals surface area (Å²) in [7, 11) is 3.23. The second-order valence-corrected chi connectivity index (χ2v) is 2.96. The van der Waals surface area contributed by atoms with Gasteiger partial charge in [0.2, 0.25) is 0 Å². The highest BCUT2D eigenvalue weighted by Gasteiger charge is 2.11. The SMILES string of the molecule is COC(C)(C)OC.c1ccccc1. The zero-order valence-electron chi connectivity index (χ0n) is 8.78. The Morgan fingerprint density at radius 3 is 1.00 bits per heavy atom. The van der Waals surface area contributed by atoms with Crippen molar-refractivity contribution < 1.29 is 9.47 Å². The predicted octanol–water partition coefficient (Wildman–Crippen LogP) is 2.70. The Bertz CT molecular complexity index is 162. The van der Waals surface area contributed by atoms with Crippen molar-refractivity contribution in [3.63, 3.8) is 0 Å². The van der Waals surface area contributed by atoms with Gasteiger partial charge in [0, 0.05) is 14.2 Å². The molecule has 0 radical (unpaired) electrons. The van der Waals surface area contributed by atoms with Gasteiger partial charge in [-0.15, -0.1) is 0 Å². The van der Waals surface area contributed by atoms with Gasteiger partial charge in [-0.1, -0.05) is 36.4 Å². The Hall–Kier alpha value is -0.860. The summed E-state index contributed by atoms with van der Waals surface area (Å²) in [6.07, 6.45) is 0. The van der Waals surface area contributed by atoms with Gasteiger partial charge in [0.05, 0.1) is 0 Å². The molecule has 0 bridgehead atoms. The fourth-order valence-corrected chi connectivity index (χ4v) is 0.468. The van der Waals surface area contributed by atoms with Crippen LogP contribution in [0.5, 0.6) is 0 Å². The average Bonchev–Trinajstić information content (AvgIpc) is 2.21. The molecule has 0 saturated heterocycles. The van der Waals surface area contributed by atoms with E-state index in [-0.39, 0.29) is 0 Å². The van der Waals surface area contributed by atoms with E-state index in [0.717, 1.165) is 0 Å². The maximum Gasteiger partial charge on any atom is 0.161 e. The molecule has 1 aromatic carbocycles. The van der Waals surface area contributed by atoms with Crippen LogP contribution in [0.2, 0.25) is 0 Å². The maximum atomic E-state index is 4.86. The Balaban J connectivity index is 0.000000223. The van der Waals surface area contributed by atoms with E-state index in [1.807, 2.05) is 50.2 Å². The Morgan fingerprint density at radius 2 is 0.923 bits per heavy atom. The minimum Gasteiger partial charge on any atom is -0.354 e. The van der Waals surface area contributed by atoms with E-state index in [1.165, 1.54) is 0 Å². The maximum absolute atomic E-state index is 4.86. The first kappa shape index (κ1) is 12.1. The summed E-state index contributed by atoms with van der Waals surface area (Å²) in [5, 5.41) is 0. The first-order valence-electron chi connectivity index (χ1n) is 4.22. The molecule has 0 fully saturated rings. The van der Waals surface area contributed by atoms with Crippen LogP contribution in [0.3, 0.4) is 0 Å². The molecular weight excluding hydrogens is 164 g/mol. The highest BCUT2D eigenvalue weighted by atomic mass is 16.7. The van der Waals surface area contributed by atoms with Gasteiger partial charge in [-0.3, -0.25) is 0 Å². The zero-order valence-corrected chi connectivity index (χ0v) is 8.78. The molecule has 0 unspecified atom stereocenters. The number of hydrogen-bond acceptors (Lipinski definition) is 2. The van der Waals surface area contributed by atoms with E-state index in [1.54, 1.807) is 14.2 Å². The highest BCUT2D eigenvalue weighted by molar-refractivity contribution is 4.99. The summed E-state index contributed by atoms with van der Waals surface area (Å²) in [6.45, 7) is 3.71. The third-order valence-corrected chi connectivity index (χ3v) is 1.65. The molecule has 0 aliphatic heterocycles. The van der Waals surface area contributed by atoms with Crippen LogP contribution < -0.4 is 0 Å². The Kier molecular flexibility index (Phi) is 6.20. The molecule has 2 heteroatoms. The monoisotopic (exact) mass is 182 g/mol. The van der Waals surface area contributed by atoms with Gasteiger partial charge in [0.25, 0.3) is 0 Å². The molecule has 1 rings (SSSR count). The molecule has 0 heterocycles. The molecule has 0 amide bonds. The molecule has 13 heavy (non-hydrogen) atoms. The molecular formula is C11H18O2. The topological polar surface area (TPSA) is 18.5 Å². The van der Waals surface area contributed by atoms with Crippen molar-refractivity contribution in [2.75, 3.05) is 14.2 Å². The summed E-state index contributed by atoms with van der Waals surface area (Å²) in [4.78, 5) is 0. The molecule has 2 nitrogen and oxygen atoms in total. The second kappa shape index (κ2) is 6.63. The number of methoxy groups -OCH3 is 2. The van der Waals surface area contributed by atoms with Gasteiger partial charge in [-0.05, 0) is 13.8 Å². The Labute approximate surface area is 80.5 Å². The lowest BCUT2D eigenvalue weighted by atomic mass is 10.4. The molecule has 74 valence electrons. The Morgan fingerprint density at radius 1 is 0.692 bits per heavy atom. The van der Waals surface area contributed by atoms with E-state index < -0.39 is 5.79 Å². The summed E-state index contributed by atoms with van der Waals surface area (Å²) < 4.78 is 9.73. The molecule has 0 saturated carbocycles. The standard InChI is InChI=1S/C6H6.C5H12O2/c1-2-4-6-5-3-1;1-5(2,6-3)7-4/h1-6H;1-4H3. The fraction of sp³-hybridized carbons (Fsp3) is 0.455. The third-order valence-electron chi connectivity index (χ3n) is 1.65. The van der Waals surface area contributed by atoms with Gasteiger partial charge < -0.3 is 9.47 Å². The highest BCUT2D eigenvalue weighted by Crippen LogP contribution is 2.05. The van der Waals surface area contributed by atoms with E-state index in [2.05, 4.69) is 0 Å². The first-order valence-corrected chi connectivity index (χ1v) is 4.22. The summed E-state index contributed by atoms with van der Waals surface area (Å²) in [5.41, 5.74) is 0. The number of rotatable bonds is 2. The van der Waals surface area contributed by atoms with Gasteiger partial charge in [-0.25, -0.2) is 0 Å². The van der Waals surface area contributed by atoms with Crippen molar-refractivity contribution >= 4 is 0 Å². The van der Waals surface area contributed by atoms with Crippen molar-refractivity contribution in [3.05, 3.63) is 36.4 Å². The van der Waals surface area contributed by atoms with Crippen molar-refractivity contribution in [1.29, 1.82) is 0 Å². The van der Waals surface area contributed by atoms with E-state index in [4.69, 9.17) is 9.47 Å². The first-order chi connectivity index (χ1) is 6.12. The van der Waals surface area contributed by atoms with E-state index >= 15 is 0 Å². The minimum absolute atomic E-state index is 0.417. The lowest BCUT2D eigenvalue weighted by Crippen LogP contribution is -2.24. The molecule has 1 aromatic rings. The molecule has 0 atom stereocenters. The molecule has 0 spiro atoms. The van der Waals surface area contributed by atoms with Crippen molar-refractivity contribution in [2.24, 2.45) is 0 Å². The van der Waals surface area contributed by atoms with Crippen molar-refractivity contribution in [3.8, 4) is 0 Å². The van der Waals surface area contributed by atoms with Crippen LogP contribution in [0.4, 0.5) is 0 Å². The van der Waals surface area contributed by atoms with Crippen LogP contribution in [-0.4, -0.2) is 20.0 Å². The smallest absolute Gasteiger partial charge is 0.161 e. The van der Waals surface area contributed by atoms with Crippen LogP contribution in [0.15, 0.2) is 36.4 Å². The predicted molar refractivity (Wildman–Crippen MR) is 54.5 cm³/mol. The van der Waals surface area contributed by atoms with E-state index in [9.17, 15) is 0 Å². The molecule has 0 aromatic heterocycles. The molecule has 0 aliphatic carbocycles. The number of benzene rings is 1. The van der Waals surface area contributed by atoms with Crippen molar-refractivity contribution in [2.45, 2.75) is 19.6 Å². The number of ether oxygens (including phenoxy) is 2. The largest absolute Gasteiger partial charge is 0.354 e. The molecule has 0 aliphatic rings. The number of hydrogen-bond donors (Lipinski definition) is 0. The van der Waals surface area contributed by atoms with Crippen LogP contribution in [0, 0.1) is 0 Å². The van der Waals surface area contributed by atoms with Crippen LogP contribution >= 0.6 is 0 Å². The minimum atomic E-state index is -0.417. The summed E-state index contributed by atoms with van der Waals surface area (Å²) in [6, 6.07) is 12.0. The summed E-state index contributed by atoms with van der Waals surface area (Å²) in [5.74, 6) is -0.417. The van der Waals surface area contributed by atoms with Crippen LogP contribution in [0.25, 0.3) is 0 Å². The lowest BCUT2D eigenvalue weighted by Gasteiger charge is -2.19. The van der Waals surface area contributed by atoms with Gasteiger partial charge >= 0.3 is 0 Å². The lowest BCUT2D eigenvalue weighted by molar-refractivity contribution is -0.178. The average molecular weight is 182 g/mol. The fourth-order valence-electron chi connectivity index (χ4n) is 0.468. The van der Waals surface area contributed by atoms with Crippen molar-refractivity contribution in [1.82, 2.24) is 0 Å². The third kappa shape index (κ3) is 7.50. The quantitative estimate of drug-likeness (QED) is 0.655.